The van der Waals surface area contributed by atoms with Gasteiger partial charge in [-0.25, -0.2) is 14.6 Å². The van der Waals surface area contributed by atoms with Gasteiger partial charge in [0.2, 0.25) is 11.8 Å². The van der Waals surface area contributed by atoms with Crippen LogP contribution in [0.4, 0.5) is 16.2 Å². The van der Waals surface area contributed by atoms with E-state index in [1.807, 2.05) is 42.5 Å². The molecule has 1 heterocycles. The highest BCUT2D eigenvalue weighted by Crippen LogP contribution is 2.30. The van der Waals surface area contributed by atoms with E-state index in [2.05, 4.69) is 0 Å². The standard InChI is InChI=1S/C23H18N2O3/c26-21-20(16-17-10-4-1-5-11-17)22(27)25(19-14-8-3-9-15-19)23(28)24(21)18-12-6-2-7-13-18/h1-15,20H,16H2. The van der Waals surface area contributed by atoms with Gasteiger partial charge in [0, 0.05) is 0 Å². The largest absolute Gasteiger partial charge is 0.342 e. The van der Waals surface area contributed by atoms with Crippen LogP contribution in [-0.4, -0.2) is 17.8 Å². The summed E-state index contributed by atoms with van der Waals surface area (Å²) in [5.41, 5.74) is 1.76. The minimum absolute atomic E-state index is 0.235. The average Bonchev–Trinajstić information content (AvgIpc) is 2.74. The minimum Gasteiger partial charge on any atom is -0.273 e. The highest BCUT2D eigenvalue weighted by molar-refractivity contribution is 6.36. The molecular formula is C23H18N2O3. The Bertz CT molecular complexity index is 942. The van der Waals surface area contributed by atoms with Crippen LogP contribution in [0.15, 0.2) is 91.0 Å². The van der Waals surface area contributed by atoms with Crippen molar-refractivity contribution in [2.75, 3.05) is 9.80 Å². The zero-order valence-corrected chi connectivity index (χ0v) is 15.1. The molecule has 138 valence electrons. The number of carbonyl (C=O) groups is 3. The van der Waals surface area contributed by atoms with Crippen molar-refractivity contribution in [3.05, 3.63) is 96.6 Å². The first-order chi connectivity index (χ1) is 13.7. The molecule has 1 aliphatic rings. The van der Waals surface area contributed by atoms with Gasteiger partial charge in [0.15, 0.2) is 0 Å². The lowest BCUT2D eigenvalue weighted by Crippen LogP contribution is -2.61. The minimum atomic E-state index is -0.972. The summed E-state index contributed by atoms with van der Waals surface area (Å²) in [4.78, 5) is 41.7. The lowest BCUT2D eigenvalue weighted by Gasteiger charge is -2.37. The SMILES string of the molecule is O=C1C(Cc2ccccc2)C(=O)N(c2ccccc2)C(=O)N1c1ccccc1. The van der Waals surface area contributed by atoms with Crippen molar-refractivity contribution in [3.63, 3.8) is 0 Å². The van der Waals surface area contributed by atoms with Crippen LogP contribution in [-0.2, 0) is 16.0 Å². The molecule has 0 atom stereocenters. The molecule has 3 aromatic carbocycles. The molecule has 0 saturated carbocycles. The van der Waals surface area contributed by atoms with E-state index < -0.39 is 23.8 Å². The van der Waals surface area contributed by atoms with Crippen LogP contribution in [0.1, 0.15) is 5.56 Å². The summed E-state index contributed by atoms with van der Waals surface area (Å²) in [5, 5.41) is 0. The van der Waals surface area contributed by atoms with E-state index >= 15 is 0 Å². The van der Waals surface area contributed by atoms with Crippen molar-refractivity contribution >= 4 is 29.2 Å². The molecule has 0 unspecified atom stereocenters. The molecule has 0 spiro atoms. The number of urea groups is 1. The number of para-hydroxylation sites is 2. The van der Waals surface area contributed by atoms with Crippen molar-refractivity contribution < 1.29 is 14.4 Å². The molecule has 4 rings (SSSR count). The Kier molecular flexibility index (Phi) is 4.72. The predicted octanol–water partition coefficient (Wildman–Crippen LogP) is 4.05. The van der Waals surface area contributed by atoms with Gasteiger partial charge < -0.3 is 0 Å². The number of barbiturate groups is 1. The number of hydrogen-bond acceptors (Lipinski definition) is 3. The number of nitrogens with zero attached hydrogens (tertiary/aromatic N) is 2. The molecule has 0 aromatic heterocycles. The van der Waals surface area contributed by atoms with Crippen molar-refractivity contribution in [2.24, 2.45) is 5.92 Å². The second-order valence-electron chi connectivity index (χ2n) is 6.54. The Morgan fingerprint density at radius 2 is 0.964 bits per heavy atom. The molecule has 1 aliphatic heterocycles. The second-order valence-corrected chi connectivity index (χ2v) is 6.54. The van der Waals surface area contributed by atoms with Gasteiger partial charge in [-0.2, -0.15) is 0 Å². The van der Waals surface area contributed by atoms with Crippen molar-refractivity contribution in [2.45, 2.75) is 6.42 Å². The summed E-state index contributed by atoms with van der Waals surface area (Å²) in [5.74, 6) is -1.98. The van der Waals surface area contributed by atoms with Crippen LogP contribution in [0, 0.1) is 5.92 Å². The van der Waals surface area contributed by atoms with Gasteiger partial charge in [-0.05, 0) is 36.2 Å². The summed E-state index contributed by atoms with van der Waals surface area (Å²) in [6.07, 6.45) is 0.235. The monoisotopic (exact) mass is 370 g/mol. The maximum Gasteiger partial charge on any atom is 0.342 e. The number of imide groups is 2. The van der Waals surface area contributed by atoms with E-state index in [4.69, 9.17) is 0 Å². The highest BCUT2D eigenvalue weighted by Gasteiger charge is 2.47. The lowest BCUT2D eigenvalue weighted by molar-refractivity contribution is -0.132. The normalized spacial score (nSPS) is 15.2. The average molecular weight is 370 g/mol. The molecule has 5 heteroatoms. The number of carbonyl (C=O) groups excluding carboxylic acids is 3. The third-order valence-electron chi connectivity index (χ3n) is 4.73. The third kappa shape index (κ3) is 3.18. The maximum atomic E-state index is 13.2. The quantitative estimate of drug-likeness (QED) is 0.651. The van der Waals surface area contributed by atoms with E-state index in [-0.39, 0.29) is 6.42 Å². The van der Waals surface area contributed by atoms with E-state index in [1.165, 1.54) is 0 Å². The Balaban J connectivity index is 1.78. The summed E-state index contributed by atoms with van der Waals surface area (Å²) in [6.45, 7) is 0. The van der Waals surface area contributed by atoms with Gasteiger partial charge in [0.05, 0.1) is 11.4 Å². The van der Waals surface area contributed by atoms with Crippen LogP contribution < -0.4 is 9.80 Å². The lowest BCUT2D eigenvalue weighted by atomic mass is 9.94. The second kappa shape index (κ2) is 7.48. The fourth-order valence-corrected chi connectivity index (χ4v) is 3.36. The first-order valence-corrected chi connectivity index (χ1v) is 9.03. The van der Waals surface area contributed by atoms with Gasteiger partial charge in [-0.1, -0.05) is 66.7 Å². The van der Waals surface area contributed by atoms with Crippen molar-refractivity contribution in [1.82, 2.24) is 0 Å². The summed E-state index contributed by atoms with van der Waals surface area (Å²) < 4.78 is 0. The molecule has 3 aromatic rings. The van der Waals surface area contributed by atoms with E-state index in [1.54, 1.807) is 48.5 Å². The number of anilines is 2. The number of amides is 4. The Labute approximate surface area is 162 Å². The van der Waals surface area contributed by atoms with Gasteiger partial charge in [-0.3, -0.25) is 9.59 Å². The van der Waals surface area contributed by atoms with Crippen LogP contribution in [0.3, 0.4) is 0 Å². The van der Waals surface area contributed by atoms with E-state index in [9.17, 15) is 14.4 Å². The first kappa shape index (κ1) is 17.7. The Morgan fingerprint density at radius 1 is 0.571 bits per heavy atom. The fourth-order valence-electron chi connectivity index (χ4n) is 3.36. The summed E-state index contributed by atoms with van der Waals surface area (Å²) in [6, 6.07) is 26.1. The third-order valence-corrected chi connectivity index (χ3v) is 4.73. The van der Waals surface area contributed by atoms with Crippen LogP contribution in [0.2, 0.25) is 0 Å². The molecule has 4 amide bonds. The van der Waals surface area contributed by atoms with Gasteiger partial charge in [0.1, 0.15) is 5.92 Å². The highest BCUT2D eigenvalue weighted by atomic mass is 16.2. The van der Waals surface area contributed by atoms with Crippen LogP contribution >= 0.6 is 0 Å². The summed E-state index contributed by atoms with van der Waals surface area (Å²) >= 11 is 0. The van der Waals surface area contributed by atoms with E-state index in [0.717, 1.165) is 15.4 Å². The first-order valence-electron chi connectivity index (χ1n) is 9.03. The predicted molar refractivity (Wildman–Crippen MR) is 107 cm³/mol. The molecule has 28 heavy (non-hydrogen) atoms. The van der Waals surface area contributed by atoms with Gasteiger partial charge >= 0.3 is 6.03 Å². The zero-order chi connectivity index (χ0) is 19.5. The molecule has 0 aliphatic carbocycles. The smallest absolute Gasteiger partial charge is 0.273 e. The molecule has 1 saturated heterocycles. The Morgan fingerprint density at radius 3 is 1.39 bits per heavy atom. The number of benzene rings is 3. The summed E-state index contributed by atoms with van der Waals surface area (Å²) in [7, 11) is 0. The molecular weight excluding hydrogens is 352 g/mol. The van der Waals surface area contributed by atoms with Crippen molar-refractivity contribution in [3.8, 4) is 0 Å². The topological polar surface area (TPSA) is 57.7 Å². The van der Waals surface area contributed by atoms with Gasteiger partial charge in [-0.15, -0.1) is 0 Å². The Hall–Kier alpha value is -3.73. The van der Waals surface area contributed by atoms with Crippen LogP contribution in [0.25, 0.3) is 0 Å². The zero-order valence-electron chi connectivity index (χ0n) is 15.1. The molecule has 5 nitrogen and oxygen atoms in total. The molecule has 1 fully saturated rings. The van der Waals surface area contributed by atoms with Gasteiger partial charge in [0.25, 0.3) is 0 Å². The van der Waals surface area contributed by atoms with Crippen molar-refractivity contribution in [1.29, 1.82) is 0 Å². The number of rotatable bonds is 4. The van der Waals surface area contributed by atoms with E-state index in [0.29, 0.717) is 11.4 Å². The molecule has 0 N–H and O–H groups in total. The maximum absolute atomic E-state index is 13.2. The molecule has 0 radical (unpaired) electrons. The number of hydrogen-bond donors (Lipinski definition) is 0. The fraction of sp³-hybridized carbons (Fsp3) is 0.0870. The van der Waals surface area contributed by atoms with Crippen LogP contribution in [0.5, 0.6) is 0 Å². The molecule has 0 bridgehead atoms.